The van der Waals surface area contributed by atoms with Crippen LogP contribution in [-0.4, -0.2) is 46.2 Å². The number of Topliss-reactive ketones (excluding diaryl/α,β-unsaturated/α-hetero) is 1. The molecule has 3 spiro atoms. The van der Waals surface area contributed by atoms with Crippen LogP contribution in [0.5, 0.6) is 0 Å². The van der Waals surface area contributed by atoms with Crippen LogP contribution in [0.2, 0.25) is 0 Å². The third-order valence-electron chi connectivity index (χ3n) is 10.9. The predicted octanol–water partition coefficient (Wildman–Crippen LogP) is 7.89. The molecule has 5 nitrogen and oxygen atoms in total. The molecule has 5 rings (SSSR count). The van der Waals surface area contributed by atoms with Crippen LogP contribution in [-0.2, 0) is 14.3 Å². The summed E-state index contributed by atoms with van der Waals surface area (Å²) >= 11 is 0. The number of aliphatic hydroxyl groups is 2. The summed E-state index contributed by atoms with van der Waals surface area (Å²) in [5.41, 5.74) is -0.148. The average molecular weight is 549 g/mol. The Bertz CT molecular complexity index is 788. The summed E-state index contributed by atoms with van der Waals surface area (Å²) in [6, 6.07) is 0. The van der Waals surface area contributed by atoms with E-state index in [1.807, 2.05) is 27.7 Å². The summed E-state index contributed by atoms with van der Waals surface area (Å²) < 4.78 is 11.9. The fourth-order valence-electron chi connectivity index (χ4n) is 9.05. The van der Waals surface area contributed by atoms with Crippen LogP contribution in [0.4, 0.5) is 0 Å². The standard InChI is InChI=1S/C18H32O3.C16H28O2/c1-16(2,19)7-3-5-15-6-10-17(13-15)8-4-9-18(14-17)20-11-12-21-18;1-15(2,18)8-3-5-13-7-10-16(11-13)9-4-6-14(17)12-16/h15,19H,3-14H2,1-2H3;13,18H,3-12H2,1-2H3/t15-,17+;13-,16+/m00/s1. The molecule has 0 aromatic heterocycles. The molecule has 5 aliphatic rings. The Kier molecular flexibility index (Phi) is 10.3. The van der Waals surface area contributed by atoms with Gasteiger partial charge >= 0.3 is 0 Å². The Balaban J connectivity index is 0.000000183. The number of hydrogen-bond acceptors (Lipinski definition) is 5. The molecular weight excluding hydrogens is 488 g/mol. The second-order valence-corrected chi connectivity index (χ2v) is 15.8. The van der Waals surface area contributed by atoms with Crippen molar-refractivity contribution in [3.8, 4) is 0 Å². The van der Waals surface area contributed by atoms with Gasteiger partial charge in [-0.15, -0.1) is 0 Å². The lowest BCUT2D eigenvalue weighted by molar-refractivity contribution is -0.201. The molecule has 226 valence electrons. The van der Waals surface area contributed by atoms with Crippen molar-refractivity contribution in [2.24, 2.45) is 22.7 Å². The number of carbonyl (C=O) groups excluding carboxylic acids is 1. The van der Waals surface area contributed by atoms with Gasteiger partial charge in [-0.05, 0) is 127 Å². The lowest BCUT2D eigenvalue weighted by Gasteiger charge is -2.43. The maximum Gasteiger partial charge on any atom is 0.169 e. The Hall–Kier alpha value is -0.490. The maximum absolute atomic E-state index is 11.6. The van der Waals surface area contributed by atoms with Crippen LogP contribution in [0.3, 0.4) is 0 Å². The lowest BCUT2D eigenvalue weighted by Crippen LogP contribution is -2.41. The van der Waals surface area contributed by atoms with Crippen molar-refractivity contribution in [3.05, 3.63) is 0 Å². The fraction of sp³-hybridized carbons (Fsp3) is 0.971. The topological polar surface area (TPSA) is 76.0 Å². The average Bonchev–Trinajstić information content (AvgIpc) is 3.53. The van der Waals surface area contributed by atoms with Gasteiger partial charge in [0.05, 0.1) is 24.4 Å². The van der Waals surface area contributed by atoms with Crippen molar-refractivity contribution in [3.63, 3.8) is 0 Å². The van der Waals surface area contributed by atoms with Gasteiger partial charge in [0.15, 0.2) is 5.79 Å². The molecule has 1 saturated heterocycles. The second-order valence-electron chi connectivity index (χ2n) is 15.8. The minimum absolute atomic E-state index is 0.222. The van der Waals surface area contributed by atoms with Crippen LogP contribution in [0, 0.1) is 22.7 Å². The molecule has 4 aliphatic carbocycles. The first-order chi connectivity index (χ1) is 18.3. The van der Waals surface area contributed by atoms with Gasteiger partial charge in [0.25, 0.3) is 0 Å². The highest BCUT2D eigenvalue weighted by Gasteiger charge is 2.51. The van der Waals surface area contributed by atoms with Gasteiger partial charge in [0.2, 0.25) is 0 Å². The van der Waals surface area contributed by atoms with Crippen LogP contribution < -0.4 is 0 Å². The van der Waals surface area contributed by atoms with E-state index < -0.39 is 11.2 Å². The summed E-state index contributed by atoms with van der Waals surface area (Å²) in [7, 11) is 0. The number of ether oxygens (including phenoxy) is 2. The number of hydrogen-bond donors (Lipinski definition) is 2. The molecule has 4 atom stereocenters. The van der Waals surface area contributed by atoms with E-state index in [1.165, 1.54) is 70.6 Å². The Morgan fingerprint density at radius 3 is 1.87 bits per heavy atom. The van der Waals surface area contributed by atoms with E-state index in [0.717, 1.165) is 82.8 Å². The molecule has 0 aromatic carbocycles. The van der Waals surface area contributed by atoms with Crippen molar-refractivity contribution in [1.29, 1.82) is 0 Å². The van der Waals surface area contributed by atoms with E-state index in [9.17, 15) is 15.0 Å². The van der Waals surface area contributed by atoms with Gasteiger partial charge in [-0.25, -0.2) is 0 Å². The van der Waals surface area contributed by atoms with Crippen molar-refractivity contribution in [1.82, 2.24) is 0 Å². The van der Waals surface area contributed by atoms with Crippen molar-refractivity contribution < 1.29 is 24.5 Å². The molecule has 0 radical (unpaired) electrons. The normalized spacial score (nSPS) is 34.7. The van der Waals surface area contributed by atoms with Crippen LogP contribution in [0.15, 0.2) is 0 Å². The molecule has 5 heteroatoms. The Morgan fingerprint density at radius 2 is 1.31 bits per heavy atom. The van der Waals surface area contributed by atoms with Gasteiger partial charge in [-0.2, -0.15) is 0 Å². The Morgan fingerprint density at radius 1 is 0.769 bits per heavy atom. The van der Waals surface area contributed by atoms with Crippen molar-refractivity contribution >= 4 is 5.78 Å². The summed E-state index contributed by atoms with van der Waals surface area (Å²) in [6.07, 6.45) is 23.5. The molecule has 39 heavy (non-hydrogen) atoms. The van der Waals surface area contributed by atoms with E-state index in [1.54, 1.807) is 0 Å². The summed E-state index contributed by atoms with van der Waals surface area (Å²) in [5.74, 6) is 1.93. The molecule has 1 heterocycles. The third kappa shape index (κ3) is 9.51. The zero-order valence-electron chi connectivity index (χ0n) is 25.8. The first-order valence-corrected chi connectivity index (χ1v) is 16.5. The second kappa shape index (κ2) is 12.8. The van der Waals surface area contributed by atoms with Crippen molar-refractivity contribution in [2.75, 3.05) is 13.2 Å². The van der Waals surface area contributed by atoms with E-state index in [0.29, 0.717) is 16.6 Å². The maximum atomic E-state index is 11.6. The van der Waals surface area contributed by atoms with Gasteiger partial charge in [0.1, 0.15) is 5.78 Å². The molecule has 0 bridgehead atoms. The highest BCUT2D eigenvalue weighted by molar-refractivity contribution is 5.79. The van der Waals surface area contributed by atoms with Crippen LogP contribution >= 0.6 is 0 Å². The highest BCUT2D eigenvalue weighted by Crippen LogP contribution is 2.56. The highest BCUT2D eigenvalue weighted by atomic mass is 16.7. The van der Waals surface area contributed by atoms with Crippen LogP contribution in [0.25, 0.3) is 0 Å². The number of ketones is 1. The van der Waals surface area contributed by atoms with E-state index >= 15 is 0 Å². The summed E-state index contributed by atoms with van der Waals surface area (Å²) in [6.45, 7) is 9.19. The van der Waals surface area contributed by atoms with Gasteiger partial charge in [-0.1, -0.05) is 25.7 Å². The van der Waals surface area contributed by atoms with Gasteiger partial charge < -0.3 is 19.7 Å². The smallest absolute Gasteiger partial charge is 0.169 e. The zero-order valence-corrected chi connectivity index (χ0v) is 25.8. The monoisotopic (exact) mass is 548 g/mol. The number of carbonyl (C=O) groups is 1. The summed E-state index contributed by atoms with van der Waals surface area (Å²) in [5, 5.41) is 19.6. The first kappa shape index (κ1) is 31.4. The predicted molar refractivity (Wildman–Crippen MR) is 156 cm³/mol. The lowest BCUT2D eigenvalue weighted by atomic mass is 9.69. The largest absolute Gasteiger partial charge is 0.390 e. The molecular formula is C34H60O5. The molecule has 5 fully saturated rings. The minimum atomic E-state index is -0.517. The van der Waals surface area contributed by atoms with E-state index in [2.05, 4.69) is 0 Å². The molecule has 0 amide bonds. The first-order valence-electron chi connectivity index (χ1n) is 16.5. The third-order valence-corrected chi connectivity index (χ3v) is 10.9. The van der Waals surface area contributed by atoms with E-state index in [4.69, 9.17) is 9.47 Å². The zero-order chi connectivity index (χ0) is 28.2. The molecule has 4 saturated carbocycles. The molecule has 0 unspecified atom stereocenters. The molecule has 2 N–H and O–H groups in total. The minimum Gasteiger partial charge on any atom is -0.390 e. The van der Waals surface area contributed by atoms with Crippen molar-refractivity contribution in [2.45, 2.75) is 173 Å². The fourth-order valence-corrected chi connectivity index (χ4v) is 9.05. The SMILES string of the molecule is CC(C)(O)CCC[C@H]1CC[C@]2(CCCC(=O)C2)C1.CC(C)(O)CCC[C@H]1CC[C@]2(CCCC3(C2)OCCO3)C1. The summed E-state index contributed by atoms with van der Waals surface area (Å²) in [4.78, 5) is 11.6. The molecule has 0 aromatic rings. The Labute approximate surface area is 239 Å². The number of rotatable bonds is 8. The molecule has 1 aliphatic heterocycles. The quantitative estimate of drug-likeness (QED) is 0.322. The van der Waals surface area contributed by atoms with E-state index in [-0.39, 0.29) is 5.79 Å². The van der Waals surface area contributed by atoms with Gasteiger partial charge in [0, 0.05) is 25.7 Å². The van der Waals surface area contributed by atoms with Crippen LogP contribution in [0.1, 0.15) is 156 Å². The van der Waals surface area contributed by atoms with Gasteiger partial charge in [-0.3, -0.25) is 4.79 Å².